The molecule has 0 spiro atoms. The second kappa shape index (κ2) is 6.95. The Labute approximate surface area is 186 Å². The van der Waals surface area contributed by atoms with Crippen LogP contribution in [0, 0.1) is 5.92 Å². The number of aryl methyl sites for hydroxylation is 1. The van der Waals surface area contributed by atoms with Gasteiger partial charge in [-0.25, -0.2) is 9.50 Å². The molecule has 0 aromatic carbocycles. The number of aromatic nitrogens is 5. The molecular formula is C21H19F2N9O. The van der Waals surface area contributed by atoms with Gasteiger partial charge in [-0.1, -0.05) is 6.08 Å². The number of hydrazone groups is 1. The van der Waals surface area contributed by atoms with Gasteiger partial charge in [0.25, 0.3) is 0 Å². The molecule has 1 saturated carbocycles. The number of nitrogens with one attached hydrogen (secondary N) is 2. The van der Waals surface area contributed by atoms with E-state index in [1.165, 1.54) is 27.7 Å². The Morgan fingerprint density at radius 3 is 2.88 bits per heavy atom. The summed E-state index contributed by atoms with van der Waals surface area (Å²) in [7, 11) is 1.79. The van der Waals surface area contributed by atoms with Crippen molar-refractivity contribution in [2.75, 3.05) is 5.32 Å². The molecule has 0 saturated heterocycles. The van der Waals surface area contributed by atoms with Crippen LogP contribution >= 0.6 is 0 Å². The minimum Gasteiger partial charge on any atom is -0.309 e. The summed E-state index contributed by atoms with van der Waals surface area (Å²) < 4.78 is 34.0. The largest absolute Gasteiger partial charge is 0.350 e. The van der Waals surface area contributed by atoms with Crippen molar-refractivity contribution >= 4 is 28.8 Å². The van der Waals surface area contributed by atoms with Crippen molar-refractivity contribution in [1.29, 1.82) is 0 Å². The standard InChI is InChI=1S/C21H19F2N9O/c1-30-9-14(8-24-30)13-4-6-18-27-28-20(31(18)10-13)21(22,23)15-5-7-17-25-16(11-32(17)29-15)26-19(33)12-2-3-12/h4-12,18,27H,2-3H2,1H3,(H,26,33). The van der Waals surface area contributed by atoms with Gasteiger partial charge in [-0.3, -0.25) is 14.9 Å². The zero-order chi connectivity index (χ0) is 22.7. The Kier molecular flexibility index (Phi) is 4.13. The lowest BCUT2D eigenvalue weighted by Gasteiger charge is -2.28. The summed E-state index contributed by atoms with van der Waals surface area (Å²) in [5.41, 5.74) is 4.14. The van der Waals surface area contributed by atoms with E-state index in [1.54, 1.807) is 30.2 Å². The lowest BCUT2D eigenvalue weighted by atomic mass is 10.1. The van der Waals surface area contributed by atoms with Crippen molar-refractivity contribution in [3.8, 4) is 0 Å². The first-order valence-electron chi connectivity index (χ1n) is 10.5. The molecule has 1 aliphatic carbocycles. The highest BCUT2D eigenvalue weighted by molar-refractivity contribution is 5.94. The number of alkyl halides is 2. The van der Waals surface area contributed by atoms with E-state index in [-0.39, 0.29) is 17.6 Å². The number of hydrogen-bond acceptors (Lipinski definition) is 7. The quantitative estimate of drug-likeness (QED) is 0.615. The van der Waals surface area contributed by atoms with E-state index in [9.17, 15) is 4.79 Å². The highest BCUT2D eigenvalue weighted by Gasteiger charge is 2.48. The number of halogens is 2. The summed E-state index contributed by atoms with van der Waals surface area (Å²) in [4.78, 5) is 17.6. The SMILES string of the molecule is Cn1cc(C2=CN3C(C(F)(F)c4ccc5nc(NC(=O)C6CC6)cn5n4)=NNC3C=C2)cn1. The maximum absolute atomic E-state index is 15.6. The molecular weight excluding hydrogens is 432 g/mol. The van der Waals surface area contributed by atoms with Crippen LogP contribution in [0.1, 0.15) is 24.1 Å². The van der Waals surface area contributed by atoms with Crippen molar-refractivity contribution in [1.82, 2.24) is 34.7 Å². The molecule has 3 aromatic rings. The highest BCUT2D eigenvalue weighted by Crippen LogP contribution is 2.35. The number of hydrogen-bond donors (Lipinski definition) is 2. The van der Waals surface area contributed by atoms with E-state index in [0.29, 0.717) is 5.65 Å². The molecule has 168 valence electrons. The Bertz CT molecular complexity index is 1360. The minimum atomic E-state index is -3.49. The Morgan fingerprint density at radius 2 is 2.12 bits per heavy atom. The number of amides is 1. The fraction of sp³-hybridized carbons (Fsp3) is 0.286. The van der Waals surface area contributed by atoms with Gasteiger partial charge in [0.2, 0.25) is 11.7 Å². The Morgan fingerprint density at radius 1 is 1.27 bits per heavy atom. The summed E-state index contributed by atoms with van der Waals surface area (Å²) in [6.07, 6.45) is 11.3. The van der Waals surface area contributed by atoms with Gasteiger partial charge in [-0.05, 0) is 31.1 Å². The second-order valence-electron chi connectivity index (χ2n) is 8.25. The molecule has 6 rings (SSSR count). The van der Waals surface area contributed by atoms with Gasteiger partial charge in [0, 0.05) is 36.5 Å². The Hall–Kier alpha value is -4.09. The van der Waals surface area contributed by atoms with Crippen LogP contribution in [-0.4, -0.2) is 47.2 Å². The van der Waals surface area contributed by atoms with E-state index >= 15 is 8.78 Å². The molecule has 1 unspecified atom stereocenters. The fourth-order valence-electron chi connectivity index (χ4n) is 3.82. The number of allylic oxidation sites excluding steroid dienone is 2. The minimum absolute atomic E-state index is 0.00620. The van der Waals surface area contributed by atoms with Gasteiger partial charge in [-0.2, -0.15) is 24.1 Å². The molecule has 1 atom stereocenters. The molecule has 1 amide bonds. The zero-order valence-corrected chi connectivity index (χ0v) is 17.5. The van der Waals surface area contributed by atoms with Crippen molar-refractivity contribution in [2.45, 2.75) is 24.9 Å². The maximum atomic E-state index is 15.6. The monoisotopic (exact) mass is 451 g/mol. The molecule has 3 aliphatic rings. The molecule has 0 bridgehead atoms. The summed E-state index contributed by atoms with van der Waals surface area (Å²) in [6, 6.07) is 2.66. The van der Waals surface area contributed by atoms with E-state index in [1.807, 2.05) is 12.3 Å². The molecule has 33 heavy (non-hydrogen) atoms. The van der Waals surface area contributed by atoms with Gasteiger partial charge in [-0.15, -0.1) is 0 Å². The predicted octanol–water partition coefficient (Wildman–Crippen LogP) is 2.06. The van der Waals surface area contributed by atoms with E-state index in [0.717, 1.165) is 24.0 Å². The van der Waals surface area contributed by atoms with E-state index < -0.39 is 23.6 Å². The third-order valence-corrected chi connectivity index (χ3v) is 5.74. The third-order valence-electron chi connectivity index (χ3n) is 5.74. The predicted molar refractivity (Wildman–Crippen MR) is 115 cm³/mol. The number of anilines is 1. The van der Waals surface area contributed by atoms with Crippen LogP contribution in [0.2, 0.25) is 0 Å². The van der Waals surface area contributed by atoms with Gasteiger partial charge < -0.3 is 10.2 Å². The zero-order valence-electron chi connectivity index (χ0n) is 17.5. The van der Waals surface area contributed by atoms with Crippen LogP contribution in [0.5, 0.6) is 0 Å². The highest BCUT2D eigenvalue weighted by atomic mass is 19.3. The summed E-state index contributed by atoms with van der Waals surface area (Å²) in [5.74, 6) is -3.78. The maximum Gasteiger partial charge on any atom is 0.350 e. The van der Waals surface area contributed by atoms with Crippen LogP contribution in [0.4, 0.5) is 14.6 Å². The van der Waals surface area contributed by atoms with Gasteiger partial charge in [0.1, 0.15) is 11.9 Å². The van der Waals surface area contributed by atoms with Crippen LogP contribution in [0.3, 0.4) is 0 Å². The molecule has 12 heteroatoms. The number of nitrogens with zero attached hydrogens (tertiary/aromatic N) is 7. The molecule has 2 aliphatic heterocycles. The van der Waals surface area contributed by atoms with Gasteiger partial charge in [0.15, 0.2) is 11.5 Å². The number of fused-ring (bicyclic) bond motifs is 2. The molecule has 1 fully saturated rings. The first-order chi connectivity index (χ1) is 15.9. The lowest BCUT2D eigenvalue weighted by molar-refractivity contribution is -0.117. The normalized spacial score (nSPS) is 19.8. The summed E-state index contributed by atoms with van der Waals surface area (Å²) in [6.45, 7) is 0. The second-order valence-corrected chi connectivity index (χ2v) is 8.25. The molecule has 3 aromatic heterocycles. The molecule has 5 heterocycles. The summed E-state index contributed by atoms with van der Waals surface area (Å²) in [5, 5.41) is 14.8. The molecule has 0 radical (unpaired) electrons. The van der Waals surface area contributed by atoms with Crippen molar-refractivity contribution in [3.63, 3.8) is 0 Å². The van der Waals surface area contributed by atoms with Crippen LogP contribution in [0.25, 0.3) is 11.2 Å². The molecule has 2 N–H and O–H groups in total. The Balaban J connectivity index is 1.29. The first-order valence-corrected chi connectivity index (χ1v) is 10.5. The van der Waals surface area contributed by atoms with Crippen LogP contribution < -0.4 is 10.7 Å². The topological polar surface area (TPSA) is 105 Å². The van der Waals surface area contributed by atoms with E-state index in [4.69, 9.17) is 0 Å². The number of rotatable bonds is 5. The van der Waals surface area contributed by atoms with Gasteiger partial charge >= 0.3 is 5.92 Å². The fourth-order valence-corrected chi connectivity index (χ4v) is 3.82. The van der Waals surface area contributed by atoms with E-state index in [2.05, 4.69) is 31.0 Å². The lowest BCUT2D eigenvalue weighted by Crippen LogP contribution is -2.43. The molecule has 10 nitrogen and oxygen atoms in total. The summed E-state index contributed by atoms with van der Waals surface area (Å²) >= 11 is 0. The van der Waals surface area contributed by atoms with Crippen molar-refractivity contribution in [2.24, 2.45) is 18.1 Å². The smallest absolute Gasteiger partial charge is 0.309 e. The van der Waals surface area contributed by atoms with Crippen molar-refractivity contribution < 1.29 is 13.6 Å². The first kappa shape index (κ1) is 19.6. The van der Waals surface area contributed by atoms with Crippen molar-refractivity contribution in [3.05, 3.63) is 60.3 Å². The average Bonchev–Trinajstić information content (AvgIpc) is 3.22. The van der Waals surface area contributed by atoms with Crippen LogP contribution in [0.15, 0.2) is 54.2 Å². The number of imidazole rings is 1. The third kappa shape index (κ3) is 3.34. The number of amidine groups is 1. The average molecular weight is 451 g/mol. The number of carbonyl (C=O) groups is 1. The van der Waals surface area contributed by atoms with Gasteiger partial charge in [0.05, 0.1) is 12.4 Å². The van der Waals surface area contributed by atoms with Crippen LogP contribution in [-0.2, 0) is 17.8 Å². The number of carbonyl (C=O) groups excluding carboxylic acids is 1.